The third kappa shape index (κ3) is 6.59. The Morgan fingerprint density at radius 3 is 2.25 bits per heavy atom. The van der Waals surface area contributed by atoms with Gasteiger partial charge in [0.05, 0.1) is 0 Å². The first-order valence-electron chi connectivity index (χ1n) is 4.81. The van der Waals surface area contributed by atoms with Gasteiger partial charge in [0, 0.05) is 0 Å². The van der Waals surface area contributed by atoms with Gasteiger partial charge in [-0.3, -0.25) is 0 Å². The molecule has 1 unspecified atom stereocenters. The Morgan fingerprint density at radius 2 is 1.83 bits per heavy atom. The fourth-order valence-corrected chi connectivity index (χ4v) is 1.41. The predicted molar refractivity (Wildman–Crippen MR) is 52.2 cm³/mol. The third-order valence-electron chi connectivity index (χ3n) is 2.07. The lowest BCUT2D eigenvalue weighted by Gasteiger charge is -2.20. The van der Waals surface area contributed by atoms with Crippen molar-refractivity contribution < 1.29 is 4.39 Å². The van der Waals surface area contributed by atoms with Crippen LogP contribution >= 0.6 is 0 Å². The van der Waals surface area contributed by atoms with Crippen LogP contribution in [0.15, 0.2) is 0 Å². The Balaban J connectivity index is 3.46. The highest BCUT2D eigenvalue weighted by Crippen LogP contribution is 2.23. The highest BCUT2D eigenvalue weighted by Gasteiger charge is 2.20. The summed E-state index contributed by atoms with van der Waals surface area (Å²) in [6, 6.07) is 0. The van der Waals surface area contributed by atoms with E-state index in [0.29, 0.717) is 12.8 Å². The van der Waals surface area contributed by atoms with Crippen LogP contribution in [0.1, 0.15) is 39.5 Å². The quantitative estimate of drug-likeness (QED) is 0.600. The van der Waals surface area contributed by atoms with Gasteiger partial charge in [0.15, 0.2) is 0 Å². The van der Waals surface area contributed by atoms with Crippen molar-refractivity contribution in [1.29, 1.82) is 0 Å². The standard InChI is InChI=1S/C10H22FN/c1-5-7-10(2,11)8-6-9-12(3)4/h5-9H2,1-4H3. The molecule has 0 rings (SSSR count). The first kappa shape index (κ1) is 11.9. The lowest BCUT2D eigenvalue weighted by Crippen LogP contribution is -2.21. The Labute approximate surface area is 75.9 Å². The van der Waals surface area contributed by atoms with Crippen molar-refractivity contribution in [2.45, 2.75) is 45.2 Å². The maximum Gasteiger partial charge on any atom is 0.108 e. The smallest absolute Gasteiger partial charge is 0.108 e. The van der Waals surface area contributed by atoms with E-state index in [2.05, 4.69) is 4.90 Å². The van der Waals surface area contributed by atoms with Gasteiger partial charge in [0.2, 0.25) is 0 Å². The maximum absolute atomic E-state index is 13.5. The van der Waals surface area contributed by atoms with Gasteiger partial charge in [-0.1, -0.05) is 13.3 Å². The number of alkyl halides is 1. The molecule has 0 saturated heterocycles. The molecule has 0 aliphatic heterocycles. The van der Waals surface area contributed by atoms with Crippen molar-refractivity contribution >= 4 is 0 Å². The van der Waals surface area contributed by atoms with Crippen LogP contribution in [-0.4, -0.2) is 31.2 Å². The van der Waals surface area contributed by atoms with E-state index in [-0.39, 0.29) is 0 Å². The molecule has 74 valence electrons. The summed E-state index contributed by atoms with van der Waals surface area (Å²) in [5, 5.41) is 0. The van der Waals surface area contributed by atoms with Crippen LogP contribution in [0.25, 0.3) is 0 Å². The average molecular weight is 175 g/mol. The van der Waals surface area contributed by atoms with Crippen LogP contribution in [0, 0.1) is 0 Å². The van der Waals surface area contributed by atoms with Gasteiger partial charge in [-0.2, -0.15) is 0 Å². The first-order valence-corrected chi connectivity index (χ1v) is 4.81. The molecule has 0 aliphatic rings. The Bertz CT molecular complexity index is 110. The van der Waals surface area contributed by atoms with E-state index in [1.54, 1.807) is 6.92 Å². The van der Waals surface area contributed by atoms with Crippen molar-refractivity contribution in [1.82, 2.24) is 4.90 Å². The van der Waals surface area contributed by atoms with Crippen LogP contribution < -0.4 is 0 Å². The Morgan fingerprint density at radius 1 is 1.25 bits per heavy atom. The van der Waals surface area contributed by atoms with Crippen LogP contribution in [-0.2, 0) is 0 Å². The minimum Gasteiger partial charge on any atom is -0.309 e. The van der Waals surface area contributed by atoms with E-state index in [9.17, 15) is 4.39 Å². The normalized spacial score (nSPS) is 16.5. The molecule has 0 aliphatic carbocycles. The lowest BCUT2D eigenvalue weighted by atomic mass is 9.97. The monoisotopic (exact) mass is 175 g/mol. The second-order valence-corrected chi connectivity index (χ2v) is 4.07. The summed E-state index contributed by atoms with van der Waals surface area (Å²) < 4.78 is 13.5. The molecule has 0 bridgehead atoms. The van der Waals surface area contributed by atoms with Crippen molar-refractivity contribution in [2.24, 2.45) is 0 Å². The van der Waals surface area contributed by atoms with Crippen LogP contribution in [0.3, 0.4) is 0 Å². The number of halogens is 1. The first-order chi connectivity index (χ1) is 5.48. The summed E-state index contributed by atoms with van der Waals surface area (Å²) in [5.41, 5.74) is -0.940. The topological polar surface area (TPSA) is 3.24 Å². The van der Waals surface area contributed by atoms with Gasteiger partial charge in [-0.15, -0.1) is 0 Å². The van der Waals surface area contributed by atoms with Gasteiger partial charge in [-0.25, -0.2) is 4.39 Å². The van der Waals surface area contributed by atoms with E-state index in [1.165, 1.54) is 0 Å². The number of hydrogen-bond acceptors (Lipinski definition) is 1. The fraction of sp³-hybridized carbons (Fsp3) is 1.00. The molecule has 0 saturated carbocycles. The van der Waals surface area contributed by atoms with Crippen LogP contribution in [0.4, 0.5) is 4.39 Å². The van der Waals surface area contributed by atoms with E-state index in [1.807, 2.05) is 21.0 Å². The summed E-state index contributed by atoms with van der Waals surface area (Å²) >= 11 is 0. The summed E-state index contributed by atoms with van der Waals surface area (Å²) in [5.74, 6) is 0. The van der Waals surface area contributed by atoms with E-state index < -0.39 is 5.67 Å². The van der Waals surface area contributed by atoms with Gasteiger partial charge in [0.25, 0.3) is 0 Å². The summed E-state index contributed by atoms with van der Waals surface area (Å²) in [6.07, 6.45) is 3.29. The predicted octanol–water partition coefficient (Wildman–Crippen LogP) is 2.86. The van der Waals surface area contributed by atoms with Crippen LogP contribution in [0.5, 0.6) is 0 Å². The summed E-state index contributed by atoms with van der Waals surface area (Å²) in [7, 11) is 4.05. The molecule has 0 heterocycles. The van der Waals surface area contributed by atoms with Crippen molar-refractivity contribution in [3.8, 4) is 0 Å². The van der Waals surface area contributed by atoms with Gasteiger partial charge < -0.3 is 4.90 Å². The Kier molecular flexibility index (Phi) is 5.47. The minimum absolute atomic E-state index is 0.693. The fourth-order valence-electron chi connectivity index (χ4n) is 1.41. The zero-order valence-electron chi connectivity index (χ0n) is 8.86. The van der Waals surface area contributed by atoms with Crippen molar-refractivity contribution in [3.05, 3.63) is 0 Å². The molecule has 0 fully saturated rings. The minimum atomic E-state index is -0.940. The molecule has 0 radical (unpaired) electrons. The van der Waals surface area contributed by atoms with Gasteiger partial charge in [0.1, 0.15) is 5.67 Å². The molecular formula is C10H22FN. The Hall–Kier alpha value is -0.110. The molecule has 2 heteroatoms. The van der Waals surface area contributed by atoms with Crippen molar-refractivity contribution in [3.63, 3.8) is 0 Å². The largest absolute Gasteiger partial charge is 0.309 e. The summed E-state index contributed by atoms with van der Waals surface area (Å²) in [4.78, 5) is 2.10. The zero-order valence-corrected chi connectivity index (χ0v) is 8.86. The molecule has 0 spiro atoms. The highest BCUT2D eigenvalue weighted by molar-refractivity contribution is 4.72. The number of nitrogens with zero attached hydrogens (tertiary/aromatic N) is 1. The van der Waals surface area contributed by atoms with E-state index >= 15 is 0 Å². The molecule has 12 heavy (non-hydrogen) atoms. The van der Waals surface area contributed by atoms with E-state index in [4.69, 9.17) is 0 Å². The van der Waals surface area contributed by atoms with Crippen molar-refractivity contribution in [2.75, 3.05) is 20.6 Å². The third-order valence-corrected chi connectivity index (χ3v) is 2.07. The molecule has 0 amide bonds. The van der Waals surface area contributed by atoms with Gasteiger partial charge >= 0.3 is 0 Å². The molecule has 1 atom stereocenters. The summed E-state index contributed by atoms with van der Waals surface area (Å²) in [6.45, 7) is 4.74. The molecule has 1 nitrogen and oxygen atoms in total. The number of hydrogen-bond donors (Lipinski definition) is 0. The number of rotatable bonds is 6. The molecular weight excluding hydrogens is 153 g/mol. The highest BCUT2D eigenvalue weighted by atomic mass is 19.1. The SMILES string of the molecule is CCCC(C)(F)CCCN(C)C. The zero-order chi connectivity index (χ0) is 9.61. The second-order valence-electron chi connectivity index (χ2n) is 4.07. The average Bonchev–Trinajstić information content (AvgIpc) is 1.85. The van der Waals surface area contributed by atoms with Gasteiger partial charge in [-0.05, 0) is 46.8 Å². The molecule has 0 aromatic carbocycles. The molecule has 0 aromatic heterocycles. The molecule has 0 N–H and O–H groups in total. The van der Waals surface area contributed by atoms with Crippen LogP contribution in [0.2, 0.25) is 0 Å². The molecule has 0 aromatic rings. The maximum atomic E-state index is 13.5. The second kappa shape index (κ2) is 5.52. The lowest BCUT2D eigenvalue weighted by molar-refractivity contribution is 0.151. The van der Waals surface area contributed by atoms with E-state index in [0.717, 1.165) is 19.4 Å².